The highest BCUT2D eigenvalue weighted by Gasteiger charge is 2.47. The van der Waals surface area contributed by atoms with Gasteiger partial charge in [0, 0.05) is 18.2 Å². The van der Waals surface area contributed by atoms with Crippen molar-refractivity contribution in [1.29, 1.82) is 0 Å². The Morgan fingerprint density at radius 3 is 2.69 bits per heavy atom. The zero-order chi connectivity index (χ0) is 20.6. The molecule has 2 aromatic heterocycles. The molecule has 1 amide bonds. The second kappa shape index (κ2) is 7.19. The predicted octanol–water partition coefficient (Wildman–Crippen LogP) is 4.40. The molecule has 0 radical (unpaired) electrons. The number of methoxy groups -OCH3 is 1. The Hall–Kier alpha value is -3.43. The molecule has 0 unspecified atom stereocenters. The van der Waals surface area contributed by atoms with Gasteiger partial charge in [-0.2, -0.15) is 18.3 Å². The summed E-state index contributed by atoms with van der Waals surface area (Å²) in [5.74, 6) is 0.478. The summed E-state index contributed by atoms with van der Waals surface area (Å²) in [7, 11) is 1.52. The molecule has 152 valence electrons. The molecule has 1 aliphatic rings. The molecule has 0 saturated heterocycles. The van der Waals surface area contributed by atoms with Gasteiger partial charge in [0.1, 0.15) is 17.3 Å². The van der Waals surface area contributed by atoms with Gasteiger partial charge in [0.05, 0.1) is 19.4 Å². The van der Waals surface area contributed by atoms with Gasteiger partial charge in [-0.25, -0.2) is 4.68 Å². The number of rotatable bonds is 4. The molecule has 0 saturated carbocycles. The summed E-state index contributed by atoms with van der Waals surface area (Å²) in [6.45, 7) is 0. The fourth-order valence-corrected chi connectivity index (χ4v) is 3.23. The normalized spacial score (nSPS) is 18.6. The van der Waals surface area contributed by atoms with Crippen LogP contribution in [0.2, 0.25) is 0 Å². The first-order chi connectivity index (χ1) is 13.8. The number of aromatic nitrogens is 2. The smallest absolute Gasteiger partial charge is 0.410 e. The largest absolute Gasteiger partial charge is 0.497 e. The summed E-state index contributed by atoms with van der Waals surface area (Å²) in [6.07, 6.45) is -3.43. The highest BCUT2D eigenvalue weighted by Crippen LogP contribution is 2.43. The number of carbonyl (C=O) groups is 1. The number of halogens is 3. The van der Waals surface area contributed by atoms with Gasteiger partial charge in [0.25, 0.3) is 5.91 Å². The third-order valence-electron chi connectivity index (χ3n) is 4.66. The lowest BCUT2D eigenvalue weighted by Crippen LogP contribution is -2.35. The number of nitrogens with one attached hydrogen (secondary N) is 2. The van der Waals surface area contributed by atoms with E-state index < -0.39 is 24.2 Å². The number of nitrogens with zero attached hydrogens (tertiary/aromatic N) is 2. The molecular weight excluding hydrogens is 389 g/mol. The lowest BCUT2D eigenvalue weighted by Gasteiger charge is -2.32. The molecular formula is C19H17F3N4O3. The van der Waals surface area contributed by atoms with Crippen LogP contribution in [0.1, 0.15) is 34.8 Å². The van der Waals surface area contributed by atoms with Crippen molar-refractivity contribution in [3.63, 3.8) is 0 Å². The summed E-state index contributed by atoms with van der Waals surface area (Å²) in [6, 6.07) is 8.51. The van der Waals surface area contributed by atoms with E-state index in [9.17, 15) is 18.0 Å². The number of benzene rings is 1. The Balaban J connectivity index is 1.60. The van der Waals surface area contributed by atoms with Gasteiger partial charge in [-0.1, -0.05) is 0 Å². The Labute approximate surface area is 163 Å². The minimum Gasteiger partial charge on any atom is -0.497 e. The van der Waals surface area contributed by atoms with Crippen LogP contribution in [0.4, 0.5) is 24.7 Å². The lowest BCUT2D eigenvalue weighted by atomic mass is 10.0. The van der Waals surface area contributed by atoms with Gasteiger partial charge < -0.3 is 19.8 Å². The van der Waals surface area contributed by atoms with Crippen molar-refractivity contribution in [2.45, 2.75) is 24.7 Å². The molecule has 2 atom stereocenters. The minimum atomic E-state index is -4.53. The summed E-state index contributed by atoms with van der Waals surface area (Å²) >= 11 is 0. The number of anilines is 2. The molecule has 2 N–H and O–H groups in total. The van der Waals surface area contributed by atoms with Crippen molar-refractivity contribution < 1.29 is 27.1 Å². The van der Waals surface area contributed by atoms with E-state index in [4.69, 9.17) is 9.15 Å². The van der Waals surface area contributed by atoms with E-state index in [1.165, 1.54) is 19.4 Å². The lowest BCUT2D eigenvalue weighted by molar-refractivity contribution is -0.174. The van der Waals surface area contributed by atoms with Gasteiger partial charge >= 0.3 is 6.18 Å². The maximum Gasteiger partial charge on any atom is 0.410 e. The average Bonchev–Trinajstić information content (AvgIpc) is 3.36. The van der Waals surface area contributed by atoms with E-state index in [0.717, 1.165) is 4.68 Å². The second-order valence-electron chi connectivity index (χ2n) is 6.55. The van der Waals surface area contributed by atoms with Crippen LogP contribution < -0.4 is 15.4 Å². The Bertz CT molecular complexity index is 997. The molecule has 0 fully saturated rings. The maximum atomic E-state index is 13.6. The van der Waals surface area contributed by atoms with Crippen LogP contribution in [0.25, 0.3) is 0 Å². The molecule has 1 aliphatic heterocycles. The van der Waals surface area contributed by atoms with Crippen molar-refractivity contribution in [3.05, 3.63) is 60.2 Å². The maximum absolute atomic E-state index is 13.6. The zero-order valence-corrected chi connectivity index (χ0v) is 15.2. The summed E-state index contributed by atoms with van der Waals surface area (Å²) in [4.78, 5) is 12.5. The Morgan fingerprint density at radius 1 is 1.31 bits per heavy atom. The molecule has 4 rings (SSSR count). The van der Waals surface area contributed by atoms with E-state index >= 15 is 0 Å². The molecule has 0 aliphatic carbocycles. The SMILES string of the molecule is COc1ccc(NC(=O)c2cc3n(n2)[C@H](C(F)(F)F)C[C@@H](c2ccco2)N3)cc1. The summed E-state index contributed by atoms with van der Waals surface area (Å²) < 4.78 is 52.0. The number of ether oxygens (including phenoxy) is 1. The third-order valence-corrected chi connectivity index (χ3v) is 4.66. The number of hydrogen-bond donors (Lipinski definition) is 2. The van der Waals surface area contributed by atoms with Gasteiger partial charge in [-0.05, 0) is 36.4 Å². The topological polar surface area (TPSA) is 81.3 Å². The van der Waals surface area contributed by atoms with E-state index in [-0.39, 0.29) is 17.9 Å². The average molecular weight is 406 g/mol. The molecule has 10 heteroatoms. The Morgan fingerprint density at radius 2 is 2.07 bits per heavy atom. The quantitative estimate of drug-likeness (QED) is 0.671. The highest BCUT2D eigenvalue weighted by atomic mass is 19.4. The first-order valence-electron chi connectivity index (χ1n) is 8.77. The first-order valence-corrected chi connectivity index (χ1v) is 8.77. The molecule has 1 aromatic carbocycles. The van der Waals surface area contributed by atoms with Crippen LogP contribution in [0, 0.1) is 0 Å². The molecule has 29 heavy (non-hydrogen) atoms. The fraction of sp³-hybridized carbons (Fsp3) is 0.263. The summed E-state index contributed by atoms with van der Waals surface area (Å²) in [5.41, 5.74) is 0.341. The molecule has 7 nitrogen and oxygen atoms in total. The number of furan rings is 1. The highest BCUT2D eigenvalue weighted by molar-refractivity contribution is 6.03. The molecule has 3 aromatic rings. The second-order valence-corrected chi connectivity index (χ2v) is 6.55. The molecule has 0 bridgehead atoms. The predicted molar refractivity (Wildman–Crippen MR) is 98.0 cm³/mol. The van der Waals surface area contributed by atoms with E-state index in [1.54, 1.807) is 36.4 Å². The first kappa shape index (κ1) is 18.9. The van der Waals surface area contributed by atoms with Crippen LogP contribution in [-0.2, 0) is 0 Å². The van der Waals surface area contributed by atoms with Gasteiger partial charge in [-0.15, -0.1) is 0 Å². The van der Waals surface area contributed by atoms with Crippen molar-refractivity contribution in [3.8, 4) is 5.75 Å². The number of alkyl halides is 3. The zero-order valence-electron chi connectivity index (χ0n) is 15.2. The molecule has 3 heterocycles. The third kappa shape index (κ3) is 3.78. The van der Waals surface area contributed by atoms with Crippen molar-refractivity contribution in [2.24, 2.45) is 0 Å². The van der Waals surface area contributed by atoms with Gasteiger partial charge in [0.2, 0.25) is 0 Å². The standard InChI is InChI=1S/C19H17F3N4O3/c1-28-12-6-4-11(5-7-12)23-18(27)14-10-17-24-13(15-3-2-8-29-15)9-16(19(20,21)22)26(17)25-14/h2-8,10,13,16,24H,9H2,1H3,(H,23,27)/t13-,16-/m0/s1. The van der Waals surface area contributed by atoms with Crippen LogP contribution in [0.3, 0.4) is 0 Å². The number of hydrogen-bond acceptors (Lipinski definition) is 5. The number of carbonyl (C=O) groups excluding carboxylic acids is 1. The monoisotopic (exact) mass is 406 g/mol. The molecule has 0 spiro atoms. The Kier molecular flexibility index (Phi) is 4.69. The number of fused-ring (bicyclic) bond motifs is 1. The van der Waals surface area contributed by atoms with Crippen LogP contribution in [-0.4, -0.2) is 29.0 Å². The van der Waals surface area contributed by atoms with E-state index in [2.05, 4.69) is 15.7 Å². The van der Waals surface area contributed by atoms with Crippen LogP contribution >= 0.6 is 0 Å². The van der Waals surface area contributed by atoms with Crippen LogP contribution in [0.5, 0.6) is 5.75 Å². The van der Waals surface area contributed by atoms with Crippen molar-refractivity contribution in [1.82, 2.24) is 9.78 Å². The van der Waals surface area contributed by atoms with E-state index in [0.29, 0.717) is 17.2 Å². The van der Waals surface area contributed by atoms with Gasteiger partial charge in [-0.3, -0.25) is 4.79 Å². The van der Waals surface area contributed by atoms with Crippen LogP contribution in [0.15, 0.2) is 53.1 Å². The van der Waals surface area contributed by atoms with Crippen molar-refractivity contribution in [2.75, 3.05) is 17.7 Å². The van der Waals surface area contributed by atoms with E-state index in [1.807, 2.05) is 0 Å². The van der Waals surface area contributed by atoms with Gasteiger partial charge in [0.15, 0.2) is 11.7 Å². The van der Waals surface area contributed by atoms with Crippen molar-refractivity contribution >= 4 is 17.4 Å². The minimum absolute atomic E-state index is 0.0971. The number of amides is 1. The fourth-order valence-electron chi connectivity index (χ4n) is 3.23. The summed E-state index contributed by atoms with van der Waals surface area (Å²) in [5, 5.41) is 9.49.